The lowest BCUT2D eigenvalue weighted by atomic mass is 9.96. The topological polar surface area (TPSA) is 68.5 Å². The van der Waals surface area contributed by atoms with Gasteiger partial charge in [-0.25, -0.2) is 0 Å². The quantitative estimate of drug-likeness (QED) is 0.253. The number of ketones is 1. The van der Waals surface area contributed by atoms with Crippen LogP contribution in [0.4, 0.5) is 5.69 Å². The van der Waals surface area contributed by atoms with E-state index in [1.807, 2.05) is 19.1 Å². The molecule has 0 fully saturated rings. The standard InChI is InChI=1S/C29H27NO4/c1-17-9-10-23(18(2)11-17)26-16-34-28-15-27(33-5)24(14-25(26)28)19(3)12-29(32)30-22-8-6-7-21(13-22)20(4)31/h6-16H,1-5H3,(H,30,32)/b19-12+. The third-order valence-corrected chi connectivity index (χ3v) is 5.88. The number of fused-ring (bicyclic) bond motifs is 1. The number of methoxy groups -OCH3 is 1. The number of aryl methyl sites for hydroxylation is 2. The van der Waals surface area contributed by atoms with Crippen molar-refractivity contribution < 1.29 is 18.7 Å². The molecule has 4 aromatic rings. The molecule has 1 aromatic heterocycles. The molecule has 0 atom stereocenters. The van der Waals surface area contributed by atoms with E-state index < -0.39 is 0 Å². The van der Waals surface area contributed by atoms with E-state index in [2.05, 4.69) is 37.4 Å². The van der Waals surface area contributed by atoms with Gasteiger partial charge in [0.1, 0.15) is 11.3 Å². The Bertz CT molecular complexity index is 1440. The van der Waals surface area contributed by atoms with Crippen LogP contribution >= 0.6 is 0 Å². The summed E-state index contributed by atoms with van der Waals surface area (Å²) in [4.78, 5) is 24.3. The highest BCUT2D eigenvalue weighted by molar-refractivity contribution is 6.06. The maximum atomic E-state index is 12.7. The Hall–Kier alpha value is -4.12. The van der Waals surface area contributed by atoms with E-state index in [0.29, 0.717) is 22.6 Å². The molecule has 4 rings (SSSR count). The second kappa shape index (κ2) is 9.40. The van der Waals surface area contributed by atoms with E-state index >= 15 is 0 Å². The minimum Gasteiger partial charge on any atom is -0.496 e. The Morgan fingerprint density at radius 2 is 1.76 bits per heavy atom. The predicted molar refractivity (Wildman–Crippen MR) is 136 cm³/mol. The highest BCUT2D eigenvalue weighted by Crippen LogP contribution is 2.38. The average molecular weight is 454 g/mol. The number of nitrogens with one attached hydrogen (secondary N) is 1. The largest absolute Gasteiger partial charge is 0.496 e. The molecule has 0 bridgehead atoms. The highest BCUT2D eigenvalue weighted by Gasteiger charge is 2.16. The summed E-state index contributed by atoms with van der Waals surface area (Å²) >= 11 is 0. The Kier molecular flexibility index (Phi) is 6.37. The Balaban J connectivity index is 1.71. The van der Waals surface area contributed by atoms with Crippen LogP contribution in [0.25, 0.3) is 27.7 Å². The SMILES string of the molecule is COc1cc2occ(-c3ccc(C)cc3C)c2cc1/C(C)=C/C(=O)Nc1cccc(C(C)=O)c1. The van der Waals surface area contributed by atoms with Gasteiger partial charge in [0.2, 0.25) is 5.91 Å². The lowest BCUT2D eigenvalue weighted by molar-refractivity contribution is -0.111. The lowest BCUT2D eigenvalue weighted by Crippen LogP contribution is -2.09. The fraction of sp³-hybridized carbons (Fsp3) is 0.172. The zero-order chi connectivity index (χ0) is 24.4. The molecule has 5 nitrogen and oxygen atoms in total. The number of hydrogen-bond acceptors (Lipinski definition) is 4. The van der Waals surface area contributed by atoms with Crippen molar-refractivity contribution in [1.82, 2.24) is 0 Å². The molecule has 3 aromatic carbocycles. The number of amides is 1. The van der Waals surface area contributed by atoms with Crippen LogP contribution in [-0.4, -0.2) is 18.8 Å². The van der Waals surface area contributed by atoms with Crippen LogP contribution in [0.2, 0.25) is 0 Å². The summed E-state index contributed by atoms with van der Waals surface area (Å²) in [7, 11) is 1.60. The summed E-state index contributed by atoms with van der Waals surface area (Å²) in [5.41, 5.74) is 7.84. The minimum atomic E-state index is -0.290. The lowest BCUT2D eigenvalue weighted by Gasteiger charge is -2.11. The van der Waals surface area contributed by atoms with Gasteiger partial charge in [0.05, 0.1) is 13.4 Å². The van der Waals surface area contributed by atoms with E-state index in [0.717, 1.165) is 27.6 Å². The molecule has 0 radical (unpaired) electrons. The van der Waals surface area contributed by atoms with Gasteiger partial charge >= 0.3 is 0 Å². The average Bonchev–Trinajstić information content (AvgIpc) is 3.20. The molecule has 0 unspecified atom stereocenters. The number of furan rings is 1. The fourth-order valence-corrected chi connectivity index (χ4v) is 4.13. The van der Waals surface area contributed by atoms with Crippen molar-refractivity contribution in [3.63, 3.8) is 0 Å². The Morgan fingerprint density at radius 1 is 0.971 bits per heavy atom. The number of anilines is 1. The number of rotatable bonds is 6. The molecular formula is C29H27NO4. The molecule has 1 N–H and O–H groups in total. The van der Waals surface area contributed by atoms with Crippen molar-refractivity contribution in [3.8, 4) is 16.9 Å². The number of carbonyl (C=O) groups excluding carboxylic acids is 2. The van der Waals surface area contributed by atoms with Gasteiger partial charge in [0, 0.05) is 39.9 Å². The van der Waals surface area contributed by atoms with E-state index in [-0.39, 0.29) is 11.7 Å². The summed E-state index contributed by atoms with van der Waals surface area (Å²) < 4.78 is 11.5. The van der Waals surface area contributed by atoms with E-state index in [1.165, 1.54) is 24.1 Å². The molecular weight excluding hydrogens is 426 g/mol. The van der Waals surface area contributed by atoms with Crippen molar-refractivity contribution in [2.75, 3.05) is 12.4 Å². The van der Waals surface area contributed by atoms with E-state index in [4.69, 9.17) is 9.15 Å². The second-order valence-corrected chi connectivity index (χ2v) is 8.47. The van der Waals surface area contributed by atoms with Gasteiger partial charge in [0.25, 0.3) is 0 Å². The number of Topliss-reactive ketones (excluding diaryl/α,β-unsaturated/α-hetero) is 1. The summed E-state index contributed by atoms with van der Waals surface area (Å²) in [6.45, 7) is 7.52. The Morgan fingerprint density at radius 3 is 2.47 bits per heavy atom. The summed E-state index contributed by atoms with van der Waals surface area (Å²) in [6.07, 6.45) is 3.29. The molecule has 0 saturated heterocycles. The maximum Gasteiger partial charge on any atom is 0.248 e. The first kappa shape index (κ1) is 23.1. The van der Waals surface area contributed by atoms with E-state index in [1.54, 1.807) is 37.6 Å². The molecule has 0 aliphatic carbocycles. The highest BCUT2D eigenvalue weighted by atomic mass is 16.5. The maximum absolute atomic E-state index is 12.7. The molecule has 0 spiro atoms. The molecule has 34 heavy (non-hydrogen) atoms. The van der Waals surface area contributed by atoms with Crippen LogP contribution in [0.3, 0.4) is 0 Å². The molecule has 0 aliphatic heterocycles. The van der Waals surface area contributed by atoms with E-state index in [9.17, 15) is 9.59 Å². The third kappa shape index (κ3) is 4.64. The molecule has 1 heterocycles. The van der Waals surface area contributed by atoms with Crippen LogP contribution in [-0.2, 0) is 4.79 Å². The van der Waals surface area contributed by atoms with Crippen LogP contribution in [0.5, 0.6) is 5.75 Å². The molecule has 0 saturated carbocycles. The molecule has 172 valence electrons. The van der Waals surface area contributed by atoms with Gasteiger partial charge in [-0.05, 0) is 62.6 Å². The van der Waals surface area contributed by atoms with Gasteiger partial charge in [-0.2, -0.15) is 0 Å². The van der Waals surface area contributed by atoms with Gasteiger partial charge in [-0.1, -0.05) is 35.9 Å². The molecule has 0 aliphatic rings. The van der Waals surface area contributed by atoms with Gasteiger partial charge in [-0.15, -0.1) is 0 Å². The predicted octanol–water partition coefficient (Wildman–Crippen LogP) is 6.97. The van der Waals surface area contributed by atoms with Crippen LogP contribution in [0.15, 0.2) is 71.4 Å². The van der Waals surface area contributed by atoms with Gasteiger partial charge in [0.15, 0.2) is 5.78 Å². The number of ether oxygens (including phenoxy) is 1. The van der Waals surface area contributed by atoms with Crippen molar-refractivity contribution in [3.05, 3.63) is 89.2 Å². The van der Waals surface area contributed by atoms with Gasteiger partial charge in [-0.3, -0.25) is 9.59 Å². The van der Waals surface area contributed by atoms with Crippen molar-refractivity contribution in [2.24, 2.45) is 0 Å². The summed E-state index contributed by atoms with van der Waals surface area (Å²) in [6, 6.07) is 17.1. The van der Waals surface area contributed by atoms with Crippen molar-refractivity contribution >= 4 is 33.9 Å². The number of allylic oxidation sites excluding steroid dienone is 1. The third-order valence-electron chi connectivity index (χ3n) is 5.88. The normalized spacial score (nSPS) is 11.5. The van der Waals surface area contributed by atoms with Crippen molar-refractivity contribution in [2.45, 2.75) is 27.7 Å². The zero-order valence-corrected chi connectivity index (χ0v) is 20.0. The number of benzene rings is 3. The van der Waals surface area contributed by atoms with Crippen LogP contribution < -0.4 is 10.1 Å². The second-order valence-electron chi connectivity index (χ2n) is 8.47. The summed E-state index contributed by atoms with van der Waals surface area (Å²) in [5.74, 6) is 0.275. The first-order chi connectivity index (χ1) is 16.3. The van der Waals surface area contributed by atoms with Gasteiger partial charge < -0.3 is 14.5 Å². The zero-order valence-electron chi connectivity index (χ0n) is 20.0. The smallest absolute Gasteiger partial charge is 0.248 e. The number of carbonyl (C=O) groups is 2. The summed E-state index contributed by atoms with van der Waals surface area (Å²) in [5, 5.41) is 3.78. The fourth-order valence-electron chi connectivity index (χ4n) is 4.13. The first-order valence-electron chi connectivity index (χ1n) is 11.0. The molecule has 1 amide bonds. The first-order valence-corrected chi connectivity index (χ1v) is 11.0. The van der Waals surface area contributed by atoms with Crippen molar-refractivity contribution in [1.29, 1.82) is 0 Å². The number of hydrogen-bond donors (Lipinski definition) is 1. The van der Waals surface area contributed by atoms with Crippen LogP contribution in [0, 0.1) is 13.8 Å². The monoisotopic (exact) mass is 453 g/mol. The van der Waals surface area contributed by atoms with Crippen LogP contribution in [0.1, 0.15) is 40.9 Å². The molecule has 5 heteroatoms. The Labute approximate surface area is 199 Å². The minimum absolute atomic E-state index is 0.0550.